The minimum atomic E-state index is -0.767. The van der Waals surface area contributed by atoms with E-state index < -0.39 is 11.3 Å². The third-order valence-electron chi connectivity index (χ3n) is 1.97. The van der Waals surface area contributed by atoms with Crippen molar-refractivity contribution >= 4 is 17.6 Å². The molecule has 0 saturated heterocycles. The summed E-state index contributed by atoms with van der Waals surface area (Å²) in [5.41, 5.74) is 1.50. The smallest absolute Gasteiger partial charge is 0.324 e. The lowest BCUT2D eigenvalue weighted by molar-refractivity contribution is -0.140. The Morgan fingerprint density at radius 1 is 1.53 bits per heavy atom. The van der Waals surface area contributed by atoms with Crippen LogP contribution in [-0.2, 0) is 16.0 Å². The number of aryl methyl sites for hydroxylation is 1. The van der Waals surface area contributed by atoms with Gasteiger partial charge in [0.2, 0.25) is 0 Å². The van der Waals surface area contributed by atoms with Crippen LogP contribution in [0.1, 0.15) is 11.1 Å². The highest BCUT2D eigenvalue weighted by Crippen LogP contribution is 2.13. The lowest BCUT2D eigenvalue weighted by Crippen LogP contribution is -2.18. The van der Waals surface area contributed by atoms with Gasteiger partial charge in [-0.15, -0.1) is 11.6 Å². The number of carbonyl (C=O) groups excluding carboxylic acids is 1. The van der Waals surface area contributed by atoms with E-state index in [2.05, 4.69) is 4.74 Å². The molecular weight excluding hydrogens is 219 g/mol. The summed E-state index contributed by atoms with van der Waals surface area (Å²) in [7, 11) is 1.27. The summed E-state index contributed by atoms with van der Waals surface area (Å²) in [5, 5.41) is -0.767. The summed E-state index contributed by atoms with van der Waals surface area (Å²) in [6, 6.07) is 4.58. The Bertz CT molecular complexity index is 345. The lowest BCUT2D eigenvalue weighted by atomic mass is 10.1. The summed E-state index contributed by atoms with van der Waals surface area (Å²) < 4.78 is 17.5. The van der Waals surface area contributed by atoms with Crippen LogP contribution in [0.5, 0.6) is 0 Å². The maximum absolute atomic E-state index is 13.0. The zero-order valence-electron chi connectivity index (χ0n) is 8.59. The van der Waals surface area contributed by atoms with Crippen molar-refractivity contribution in [2.75, 3.05) is 7.11 Å². The van der Waals surface area contributed by atoms with Gasteiger partial charge < -0.3 is 4.74 Å². The van der Waals surface area contributed by atoms with E-state index in [0.717, 1.165) is 5.56 Å². The van der Waals surface area contributed by atoms with Gasteiger partial charge in [0.15, 0.2) is 0 Å². The number of rotatable bonds is 3. The quantitative estimate of drug-likeness (QED) is 0.589. The van der Waals surface area contributed by atoms with Gasteiger partial charge in [-0.3, -0.25) is 4.79 Å². The van der Waals surface area contributed by atoms with Crippen LogP contribution in [0.2, 0.25) is 0 Å². The van der Waals surface area contributed by atoms with Crippen molar-refractivity contribution in [3.8, 4) is 0 Å². The summed E-state index contributed by atoms with van der Waals surface area (Å²) in [6.07, 6.45) is 0.271. The third-order valence-corrected chi connectivity index (χ3v) is 2.31. The predicted octanol–water partition coefficient (Wildman–Crippen LogP) is 2.46. The number of alkyl halides is 1. The molecule has 2 nitrogen and oxygen atoms in total. The molecule has 82 valence electrons. The molecular formula is C11H12ClFO2. The Morgan fingerprint density at radius 3 is 2.73 bits per heavy atom. The van der Waals surface area contributed by atoms with Gasteiger partial charge in [0.1, 0.15) is 11.2 Å². The number of benzene rings is 1. The standard InChI is InChI=1S/C11H12ClFO2/c1-7-3-8(5-9(13)4-7)6-10(12)11(14)15-2/h3-5,10H,6H2,1-2H3. The van der Waals surface area contributed by atoms with Gasteiger partial charge in [0.05, 0.1) is 7.11 Å². The van der Waals surface area contributed by atoms with E-state index in [4.69, 9.17) is 11.6 Å². The molecule has 1 rings (SSSR count). The van der Waals surface area contributed by atoms with Crippen LogP contribution >= 0.6 is 11.6 Å². The topological polar surface area (TPSA) is 26.3 Å². The Morgan fingerprint density at radius 2 is 2.20 bits per heavy atom. The van der Waals surface area contributed by atoms with E-state index in [-0.39, 0.29) is 12.2 Å². The summed E-state index contributed by atoms with van der Waals surface area (Å²) in [4.78, 5) is 11.0. The second kappa shape index (κ2) is 5.12. The Labute approximate surface area is 93.0 Å². The third kappa shape index (κ3) is 3.51. The maximum atomic E-state index is 13.0. The first-order chi connectivity index (χ1) is 7.02. The van der Waals surface area contributed by atoms with E-state index in [1.807, 2.05) is 0 Å². The van der Waals surface area contributed by atoms with Crippen molar-refractivity contribution in [1.82, 2.24) is 0 Å². The molecule has 0 amide bonds. The van der Waals surface area contributed by atoms with Gasteiger partial charge in [-0.05, 0) is 36.6 Å². The molecule has 0 N–H and O–H groups in total. The maximum Gasteiger partial charge on any atom is 0.324 e. The number of halogens is 2. The number of hydrogen-bond acceptors (Lipinski definition) is 2. The Balaban J connectivity index is 2.76. The van der Waals surface area contributed by atoms with Gasteiger partial charge >= 0.3 is 5.97 Å². The van der Waals surface area contributed by atoms with Gasteiger partial charge in [-0.1, -0.05) is 6.07 Å². The highest BCUT2D eigenvalue weighted by molar-refractivity contribution is 6.30. The molecule has 0 aliphatic heterocycles. The minimum Gasteiger partial charge on any atom is -0.468 e. The van der Waals surface area contributed by atoms with E-state index in [0.29, 0.717) is 5.56 Å². The van der Waals surface area contributed by atoms with Crippen LogP contribution in [0.3, 0.4) is 0 Å². The first-order valence-electron chi connectivity index (χ1n) is 4.51. The van der Waals surface area contributed by atoms with Crippen molar-refractivity contribution in [3.63, 3.8) is 0 Å². The van der Waals surface area contributed by atoms with Crippen LogP contribution in [0.25, 0.3) is 0 Å². The SMILES string of the molecule is COC(=O)C(Cl)Cc1cc(C)cc(F)c1. The molecule has 1 unspecified atom stereocenters. The monoisotopic (exact) mass is 230 g/mol. The normalized spacial score (nSPS) is 12.3. The summed E-state index contributed by atoms with van der Waals surface area (Å²) in [5.74, 6) is -0.822. The fourth-order valence-corrected chi connectivity index (χ4v) is 1.62. The molecule has 0 spiro atoms. The molecule has 0 aliphatic rings. The number of carbonyl (C=O) groups is 1. The van der Waals surface area contributed by atoms with Crippen molar-refractivity contribution in [3.05, 3.63) is 35.1 Å². The predicted molar refractivity (Wildman–Crippen MR) is 56.5 cm³/mol. The van der Waals surface area contributed by atoms with Gasteiger partial charge in [-0.2, -0.15) is 0 Å². The van der Waals surface area contributed by atoms with Crippen LogP contribution in [0.15, 0.2) is 18.2 Å². The Hall–Kier alpha value is -1.09. The Kier molecular flexibility index (Phi) is 4.09. The van der Waals surface area contributed by atoms with E-state index in [9.17, 15) is 9.18 Å². The van der Waals surface area contributed by atoms with E-state index in [1.165, 1.54) is 19.2 Å². The molecule has 0 aliphatic carbocycles. The molecule has 0 aromatic heterocycles. The fourth-order valence-electron chi connectivity index (χ4n) is 1.35. The largest absolute Gasteiger partial charge is 0.468 e. The molecule has 0 bridgehead atoms. The molecule has 1 aromatic rings. The molecule has 15 heavy (non-hydrogen) atoms. The lowest BCUT2D eigenvalue weighted by Gasteiger charge is -2.07. The molecule has 0 fully saturated rings. The minimum absolute atomic E-state index is 0.271. The van der Waals surface area contributed by atoms with E-state index in [1.54, 1.807) is 13.0 Å². The number of esters is 1. The summed E-state index contributed by atoms with van der Waals surface area (Å²) in [6.45, 7) is 1.79. The van der Waals surface area contributed by atoms with Crippen molar-refractivity contribution in [1.29, 1.82) is 0 Å². The molecule has 0 saturated carbocycles. The molecule has 0 heterocycles. The van der Waals surface area contributed by atoms with Crippen molar-refractivity contribution in [2.24, 2.45) is 0 Å². The molecule has 0 radical (unpaired) electrons. The molecule has 4 heteroatoms. The van der Waals surface area contributed by atoms with Crippen LogP contribution in [0, 0.1) is 12.7 Å². The summed E-state index contributed by atoms with van der Waals surface area (Å²) >= 11 is 5.77. The van der Waals surface area contributed by atoms with E-state index >= 15 is 0 Å². The second-order valence-corrected chi connectivity index (χ2v) is 3.86. The first-order valence-corrected chi connectivity index (χ1v) is 4.94. The van der Waals surface area contributed by atoms with Crippen molar-refractivity contribution in [2.45, 2.75) is 18.7 Å². The molecule has 1 aromatic carbocycles. The van der Waals surface area contributed by atoms with Crippen molar-refractivity contribution < 1.29 is 13.9 Å². The van der Waals surface area contributed by atoms with Crippen LogP contribution in [0.4, 0.5) is 4.39 Å². The number of methoxy groups -OCH3 is 1. The average Bonchev–Trinajstić information content (AvgIpc) is 2.14. The van der Waals surface area contributed by atoms with Gasteiger partial charge in [0, 0.05) is 0 Å². The highest BCUT2D eigenvalue weighted by Gasteiger charge is 2.16. The average molecular weight is 231 g/mol. The zero-order chi connectivity index (χ0) is 11.4. The second-order valence-electron chi connectivity index (χ2n) is 3.33. The zero-order valence-corrected chi connectivity index (χ0v) is 9.34. The first kappa shape index (κ1) is 12.0. The number of hydrogen-bond donors (Lipinski definition) is 0. The fraction of sp³-hybridized carbons (Fsp3) is 0.364. The number of ether oxygens (including phenoxy) is 1. The van der Waals surface area contributed by atoms with Crippen LogP contribution in [-0.4, -0.2) is 18.5 Å². The highest BCUT2D eigenvalue weighted by atomic mass is 35.5. The van der Waals surface area contributed by atoms with Crippen LogP contribution < -0.4 is 0 Å². The van der Waals surface area contributed by atoms with Gasteiger partial charge in [-0.25, -0.2) is 4.39 Å². The molecule has 1 atom stereocenters. The van der Waals surface area contributed by atoms with Gasteiger partial charge in [0.25, 0.3) is 0 Å².